The molecule has 0 unspecified atom stereocenters. The normalized spacial score (nSPS) is 17.4. The van der Waals surface area contributed by atoms with Crippen LogP contribution in [0.2, 0.25) is 0 Å². The van der Waals surface area contributed by atoms with Crippen LogP contribution in [-0.2, 0) is 4.79 Å². The van der Waals surface area contributed by atoms with E-state index in [1.165, 1.54) is 25.7 Å². The summed E-state index contributed by atoms with van der Waals surface area (Å²) < 4.78 is 5.11. The third-order valence-electron chi connectivity index (χ3n) is 3.45. The van der Waals surface area contributed by atoms with Crippen LogP contribution in [0.25, 0.3) is 0 Å². The van der Waals surface area contributed by atoms with Gasteiger partial charge < -0.3 is 4.52 Å². The topological polar surface area (TPSA) is 58.4 Å². The first-order valence-electron chi connectivity index (χ1n) is 7.14. The summed E-state index contributed by atoms with van der Waals surface area (Å²) in [6, 6.07) is 1.80. The molecule has 0 atom stereocenters. The second-order valence-electron chi connectivity index (χ2n) is 5.51. The van der Waals surface area contributed by atoms with E-state index < -0.39 is 0 Å². The van der Waals surface area contributed by atoms with Crippen molar-refractivity contribution in [2.24, 2.45) is 0 Å². The van der Waals surface area contributed by atoms with Crippen LogP contribution in [0.4, 0.5) is 5.88 Å². The molecule has 5 heteroatoms. The fourth-order valence-electron chi connectivity index (χ4n) is 2.29. The Labute approximate surface area is 114 Å². The van der Waals surface area contributed by atoms with E-state index in [-0.39, 0.29) is 5.91 Å². The van der Waals surface area contributed by atoms with Gasteiger partial charge in [0.05, 0.1) is 12.2 Å². The number of nitrogens with zero attached hydrogens (tertiary/aromatic N) is 2. The van der Waals surface area contributed by atoms with Gasteiger partial charge in [0.15, 0.2) is 0 Å². The third kappa shape index (κ3) is 4.35. The summed E-state index contributed by atoms with van der Waals surface area (Å²) in [6.07, 6.45) is 4.93. The summed E-state index contributed by atoms with van der Waals surface area (Å²) in [5.41, 5.74) is 0.866. The lowest BCUT2D eigenvalue weighted by Crippen LogP contribution is -2.33. The van der Waals surface area contributed by atoms with Gasteiger partial charge in [-0.3, -0.25) is 15.0 Å². The first-order valence-corrected chi connectivity index (χ1v) is 7.14. The van der Waals surface area contributed by atoms with E-state index in [4.69, 9.17) is 4.52 Å². The van der Waals surface area contributed by atoms with Crippen molar-refractivity contribution in [3.05, 3.63) is 11.8 Å². The van der Waals surface area contributed by atoms with E-state index in [0.717, 1.165) is 18.8 Å². The van der Waals surface area contributed by atoms with Gasteiger partial charge in [-0.05, 0) is 31.8 Å². The van der Waals surface area contributed by atoms with Crippen molar-refractivity contribution in [1.82, 2.24) is 10.1 Å². The van der Waals surface area contributed by atoms with Gasteiger partial charge in [0.25, 0.3) is 0 Å². The first kappa shape index (κ1) is 14.1. The molecule has 0 saturated carbocycles. The Hall–Kier alpha value is -1.36. The predicted molar refractivity (Wildman–Crippen MR) is 74.1 cm³/mol. The molecule has 0 radical (unpaired) electrons. The van der Waals surface area contributed by atoms with Gasteiger partial charge in [-0.25, -0.2) is 0 Å². The molecule has 1 amide bonds. The average molecular weight is 265 g/mol. The number of aromatic nitrogens is 1. The smallest absolute Gasteiger partial charge is 0.240 e. The highest BCUT2D eigenvalue weighted by molar-refractivity contribution is 5.90. The van der Waals surface area contributed by atoms with E-state index >= 15 is 0 Å². The van der Waals surface area contributed by atoms with Gasteiger partial charge in [0.2, 0.25) is 11.8 Å². The standard InChI is InChI=1S/C14H23N3O2/c1-11(2)12-9-14(19-16-12)15-13(18)10-17-7-5-3-4-6-8-17/h9,11H,3-8,10H2,1-2H3,(H,15,18). The molecule has 5 nitrogen and oxygen atoms in total. The first-order chi connectivity index (χ1) is 9.15. The van der Waals surface area contributed by atoms with Crippen molar-refractivity contribution >= 4 is 11.8 Å². The van der Waals surface area contributed by atoms with Crippen molar-refractivity contribution < 1.29 is 9.32 Å². The number of hydrogen-bond acceptors (Lipinski definition) is 4. The Balaban J connectivity index is 1.82. The maximum atomic E-state index is 11.9. The van der Waals surface area contributed by atoms with Crippen LogP contribution in [-0.4, -0.2) is 35.6 Å². The maximum Gasteiger partial charge on any atom is 0.240 e. The third-order valence-corrected chi connectivity index (χ3v) is 3.45. The van der Waals surface area contributed by atoms with E-state index in [1.54, 1.807) is 6.07 Å². The minimum absolute atomic E-state index is 0.0200. The second-order valence-corrected chi connectivity index (χ2v) is 5.51. The number of anilines is 1. The highest BCUT2D eigenvalue weighted by Gasteiger charge is 2.15. The van der Waals surface area contributed by atoms with Gasteiger partial charge in [-0.1, -0.05) is 31.8 Å². The molecule has 0 aliphatic carbocycles. The van der Waals surface area contributed by atoms with Crippen molar-refractivity contribution in [3.8, 4) is 0 Å². The summed E-state index contributed by atoms with van der Waals surface area (Å²) in [5.74, 6) is 0.733. The Morgan fingerprint density at radius 3 is 2.63 bits per heavy atom. The summed E-state index contributed by atoms with van der Waals surface area (Å²) in [7, 11) is 0. The van der Waals surface area contributed by atoms with Crippen LogP contribution in [0, 0.1) is 0 Å². The predicted octanol–water partition coefficient (Wildman–Crippen LogP) is 2.61. The molecule has 1 aromatic heterocycles. The van der Waals surface area contributed by atoms with E-state index in [1.807, 2.05) is 13.8 Å². The molecule has 1 aromatic rings. The minimum atomic E-state index is -0.0200. The fourth-order valence-corrected chi connectivity index (χ4v) is 2.29. The number of likely N-dealkylation sites (tertiary alicyclic amines) is 1. The van der Waals surface area contributed by atoms with Crippen molar-refractivity contribution in [2.45, 2.75) is 45.4 Å². The van der Waals surface area contributed by atoms with Gasteiger partial charge >= 0.3 is 0 Å². The lowest BCUT2D eigenvalue weighted by Gasteiger charge is -2.18. The zero-order valence-electron chi connectivity index (χ0n) is 11.8. The summed E-state index contributed by atoms with van der Waals surface area (Å²) in [4.78, 5) is 14.1. The molecular formula is C14H23N3O2. The van der Waals surface area contributed by atoms with Crippen LogP contribution in [0.5, 0.6) is 0 Å². The zero-order chi connectivity index (χ0) is 13.7. The summed E-state index contributed by atoms with van der Waals surface area (Å²) in [6.45, 7) is 6.56. The number of rotatable bonds is 4. The number of nitrogens with one attached hydrogen (secondary N) is 1. The lowest BCUT2D eigenvalue weighted by molar-refractivity contribution is -0.117. The largest absolute Gasteiger partial charge is 0.338 e. The SMILES string of the molecule is CC(C)c1cc(NC(=O)CN2CCCCCC2)on1. The fraction of sp³-hybridized carbons (Fsp3) is 0.714. The molecule has 1 fully saturated rings. The molecule has 1 aliphatic rings. The number of hydrogen-bond donors (Lipinski definition) is 1. The molecule has 2 rings (SSSR count). The highest BCUT2D eigenvalue weighted by Crippen LogP contribution is 2.17. The van der Waals surface area contributed by atoms with Gasteiger partial charge in [0.1, 0.15) is 0 Å². The average Bonchev–Trinajstić information content (AvgIpc) is 2.67. The number of amides is 1. The molecule has 1 aliphatic heterocycles. The van der Waals surface area contributed by atoms with Crippen LogP contribution in [0.3, 0.4) is 0 Å². The van der Waals surface area contributed by atoms with Crippen LogP contribution in [0.1, 0.15) is 51.1 Å². The van der Waals surface area contributed by atoms with Crippen LogP contribution >= 0.6 is 0 Å². The quantitative estimate of drug-likeness (QED) is 0.909. The van der Waals surface area contributed by atoms with Gasteiger partial charge in [-0.2, -0.15) is 0 Å². The highest BCUT2D eigenvalue weighted by atomic mass is 16.5. The van der Waals surface area contributed by atoms with Crippen molar-refractivity contribution in [2.75, 3.05) is 25.0 Å². The molecule has 19 heavy (non-hydrogen) atoms. The summed E-state index contributed by atoms with van der Waals surface area (Å²) >= 11 is 0. The van der Waals surface area contributed by atoms with Crippen LogP contribution in [0.15, 0.2) is 10.6 Å². The maximum absolute atomic E-state index is 11.9. The molecule has 1 saturated heterocycles. The number of carbonyl (C=O) groups is 1. The van der Waals surface area contributed by atoms with Gasteiger partial charge in [-0.15, -0.1) is 0 Å². The molecule has 1 N–H and O–H groups in total. The van der Waals surface area contributed by atoms with E-state index in [9.17, 15) is 4.79 Å². The Kier molecular flexibility index (Phi) is 4.96. The summed E-state index contributed by atoms with van der Waals surface area (Å²) in [5, 5.41) is 6.70. The molecular weight excluding hydrogens is 242 g/mol. The zero-order valence-corrected chi connectivity index (χ0v) is 11.8. The van der Waals surface area contributed by atoms with Crippen molar-refractivity contribution in [1.29, 1.82) is 0 Å². The molecule has 2 heterocycles. The molecule has 0 bridgehead atoms. The van der Waals surface area contributed by atoms with Crippen LogP contribution < -0.4 is 5.32 Å². The monoisotopic (exact) mass is 265 g/mol. The van der Waals surface area contributed by atoms with E-state index in [2.05, 4.69) is 15.4 Å². The Bertz CT molecular complexity index is 407. The Morgan fingerprint density at radius 2 is 2.05 bits per heavy atom. The molecule has 106 valence electrons. The second kappa shape index (κ2) is 6.70. The Morgan fingerprint density at radius 1 is 1.37 bits per heavy atom. The lowest BCUT2D eigenvalue weighted by atomic mass is 10.1. The minimum Gasteiger partial charge on any atom is -0.338 e. The van der Waals surface area contributed by atoms with Crippen molar-refractivity contribution in [3.63, 3.8) is 0 Å². The number of carbonyl (C=O) groups excluding carboxylic acids is 1. The van der Waals surface area contributed by atoms with Gasteiger partial charge in [0, 0.05) is 6.07 Å². The molecule has 0 aromatic carbocycles. The van der Waals surface area contributed by atoms with E-state index in [0.29, 0.717) is 18.3 Å². The molecule has 0 spiro atoms.